The molecule has 116 valence electrons. The minimum Gasteiger partial charge on any atom is -0.544 e. The third kappa shape index (κ3) is 5.71. The topological polar surface area (TPSA) is 106 Å². The van der Waals surface area contributed by atoms with E-state index in [9.17, 15) is 14.7 Å². The maximum Gasteiger partial charge on any atom is 0.230 e. The summed E-state index contributed by atoms with van der Waals surface area (Å²) in [6.45, 7) is 3.48. The van der Waals surface area contributed by atoms with Gasteiger partial charge in [0.25, 0.3) is 0 Å². The molecule has 0 radical (unpaired) electrons. The Morgan fingerprint density at radius 2 is 2.14 bits per heavy atom. The van der Waals surface area contributed by atoms with Gasteiger partial charge >= 0.3 is 0 Å². The highest BCUT2D eigenvalue weighted by Crippen LogP contribution is 2.22. The number of aliphatic hydroxyl groups is 1. The van der Waals surface area contributed by atoms with Gasteiger partial charge in [0, 0.05) is 10.7 Å². The van der Waals surface area contributed by atoms with E-state index in [1.165, 1.54) is 12.2 Å². The number of carboxylic acids is 1. The predicted molar refractivity (Wildman–Crippen MR) is 76.7 cm³/mol. The van der Waals surface area contributed by atoms with E-state index in [4.69, 9.17) is 16.7 Å². The monoisotopic (exact) mass is 314 g/mol. The summed E-state index contributed by atoms with van der Waals surface area (Å²) in [7, 11) is 0. The molecule has 0 spiro atoms. The molecule has 0 heterocycles. The average molecular weight is 315 g/mol. The van der Waals surface area contributed by atoms with Crippen molar-refractivity contribution in [2.75, 3.05) is 11.9 Å². The summed E-state index contributed by atoms with van der Waals surface area (Å²) in [5, 5.41) is 24.7. The molecule has 0 aromatic heterocycles. The second kappa shape index (κ2) is 7.97. The van der Waals surface area contributed by atoms with E-state index in [0.717, 1.165) is 0 Å². The second-order valence-corrected chi connectivity index (χ2v) is 5.32. The maximum absolute atomic E-state index is 11.9. The Kier molecular flexibility index (Phi) is 6.61. The van der Waals surface area contributed by atoms with Crippen molar-refractivity contribution >= 4 is 29.2 Å². The molecule has 0 aliphatic carbocycles. The van der Waals surface area contributed by atoms with Gasteiger partial charge in [0.15, 0.2) is 0 Å². The number of aliphatic hydroxyl groups excluding tert-OH is 1. The summed E-state index contributed by atoms with van der Waals surface area (Å²) in [6, 6.07) is 4.04. The third-order valence-corrected chi connectivity index (χ3v) is 3.42. The number of benzene rings is 1. The van der Waals surface area contributed by atoms with Crippen LogP contribution in [-0.4, -0.2) is 35.7 Å². The van der Waals surface area contributed by atoms with E-state index in [1.807, 2.05) is 0 Å². The quantitative estimate of drug-likeness (QED) is 0.602. The molecule has 1 rings (SSSR count). The largest absolute Gasteiger partial charge is 0.544 e. The Balaban J connectivity index is 2.65. The summed E-state index contributed by atoms with van der Waals surface area (Å²) in [6.07, 6.45) is -0.911. The van der Waals surface area contributed by atoms with Gasteiger partial charge in [-0.25, -0.2) is 0 Å². The van der Waals surface area contributed by atoms with Gasteiger partial charge in [-0.15, -0.1) is 0 Å². The zero-order valence-corrected chi connectivity index (χ0v) is 12.7. The molecule has 4 N–H and O–H groups in total. The van der Waals surface area contributed by atoms with Crippen LogP contribution in [-0.2, 0) is 9.59 Å². The van der Waals surface area contributed by atoms with Crippen molar-refractivity contribution in [2.24, 2.45) is 0 Å². The van der Waals surface area contributed by atoms with Crippen LogP contribution in [0.15, 0.2) is 18.2 Å². The zero-order chi connectivity index (χ0) is 16.0. The van der Waals surface area contributed by atoms with Gasteiger partial charge < -0.3 is 25.6 Å². The minimum absolute atomic E-state index is 0.183. The molecule has 0 aliphatic heterocycles. The molecule has 1 aromatic rings. The van der Waals surface area contributed by atoms with E-state index in [2.05, 4.69) is 5.32 Å². The van der Waals surface area contributed by atoms with Crippen LogP contribution in [0, 0.1) is 6.92 Å². The van der Waals surface area contributed by atoms with Crippen LogP contribution >= 0.6 is 11.6 Å². The summed E-state index contributed by atoms with van der Waals surface area (Å²) in [4.78, 5) is 22.9. The maximum atomic E-state index is 11.9. The van der Waals surface area contributed by atoms with E-state index in [0.29, 0.717) is 16.3 Å². The van der Waals surface area contributed by atoms with Crippen molar-refractivity contribution in [1.29, 1.82) is 0 Å². The van der Waals surface area contributed by atoms with Crippen molar-refractivity contribution in [3.05, 3.63) is 28.8 Å². The molecule has 0 aliphatic rings. The number of hydrogen-bond acceptors (Lipinski definition) is 4. The van der Waals surface area contributed by atoms with Gasteiger partial charge in [-0.2, -0.15) is 0 Å². The number of carbonyl (C=O) groups excluding carboxylic acids is 2. The van der Waals surface area contributed by atoms with Gasteiger partial charge in [-0.05, 0) is 31.5 Å². The van der Waals surface area contributed by atoms with Crippen LogP contribution in [0.4, 0.5) is 5.69 Å². The van der Waals surface area contributed by atoms with Crippen LogP contribution in [0.1, 0.15) is 18.9 Å². The van der Waals surface area contributed by atoms with Gasteiger partial charge in [0.2, 0.25) is 5.91 Å². The van der Waals surface area contributed by atoms with Crippen molar-refractivity contribution < 1.29 is 25.1 Å². The van der Waals surface area contributed by atoms with Gasteiger partial charge in [0.05, 0.1) is 18.5 Å². The van der Waals surface area contributed by atoms with Crippen LogP contribution in [0.2, 0.25) is 5.02 Å². The number of anilines is 1. The first kappa shape index (κ1) is 17.4. The lowest BCUT2D eigenvalue weighted by molar-refractivity contribution is -0.687. The number of nitrogens with one attached hydrogen (secondary N) is 1. The highest BCUT2D eigenvalue weighted by atomic mass is 35.5. The van der Waals surface area contributed by atoms with Crippen molar-refractivity contribution in [3.63, 3.8) is 0 Å². The lowest BCUT2D eigenvalue weighted by atomic mass is 10.1. The Bertz CT molecular complexity index is 520. The van der Waals surface area contributed by atoms with E-state index in [1.54, 1.807) is 25.1 Å². The Hall–Kier alpha value is -1.63. The molecule has 0 saturated carbocycles. The molecule has 0 fully saturated rings. The number of amides is 1. The first-order chi connectivity index (χ1) is 9.81. The van der Waals surface area contributed by atoms with Crippen molar-refractivity contribution in [3.8, 4) is 0 Å². The standard InChI is InChI=1S/C14H19ClN2O4/c1-8(18)7-16-12(14(20)21)6-13(19)17-11-5-3-4-10(15)9(11)2/h3-5,8,12,16,18H,6-7H2,1-2H3,(H,17,19)(H,20,21)/t8-,12-/m0/s1. The Labute approximate surface area is 128 Å². The molecule has 0 saturated heterocycles. The van der Waals surface area contributed by atoms with Crippen molar-refractivity contribution in [1.82, 2.24) is 0 Å². The number of aliphatic carboxylic acids is 1. The summed E-state index contributed by atoms with van der Waals surface area (Å²) < 4.78 is 0. The highest BCUT2D eigenvalue weighted by Gasteiger charge is 2.19. The molecular weight excluding hydrogens is 296 g/mol. The van der Waals surface area contributed by atoms with E-state index in [-0.39, 0.29) is 13.0 Å². The fourth-order valence-corrected chi connectivity index (χ4v) is 1.94. The average Bonchev–Trinajstić information content (AvgIpc) is 2.39. The first-order valence-electron chi connectivity index (χ1n) is 6.58. The van der Waals surface area contributed by atoms with Crippen LogP contribution in [0.3, 0.4) is 0 Å². The molecule has 7 heteroatoms. The minimum atomic E-state index is -1.34. The molecule has 1 aromatic carbocycles. The lowest BCUT2D eigenvalue weighted by Crippen LogP contribution is -2.94. The van der Waals surface area contributed by atoms with E-state index >= 15 is 0 Å². The van der Waals surface area contributed by atoms with Crippen LogP contribution in [0.25, 0.3) is 0 Å². The van der Waals surface area contributed by atoms with Gasteiger partial charge in [-0.3, -0.25) is 4.79 Å². The molecule has 21 heavy (non-hydrogen) atoms. The van der Waals surface area contributed by atoms with E-state index < -0.39 is 24.0 Å². The fraction of sp³-hybridized carbons (Fsp3) is 0.429. The number of rotatable bonds is 7. The molecule has 0 bridgehead atoms. The number of carbonyl (C=O) groups is 2. The smallest absolute Gasteiger partial charge is 0.230 e. The van der Waals surface area contributed by atoms with Gasteiger partial charge in [0.1, 0.15) is 12.6 Å². The first-order valence-corrected chi connectivity index (χ1v) is 6.96. The molecular formula is C14H19ClN2O4. The normalized spacial score (nSPS) is 13.5. The summed E-state index contributed by atoms with van der Waals surface area (Å²) in [5.41, 5.74) is 1.26. The molecule has 2 atom stereocenters. The third-order valence-electron chi connectivity index (χ3n) is 3.01. The number of carboxylic acid groups (broad SMARTS) is 1. The highest BCUT2D eigenvalue weighted by molar-refractivity contribution is 6.31. The Morgan fingerprint density at radius 1 is 1.48 bits per heavy atom. The predicted octanol–water partition coefficient (Wildman–Crippen LogP) is -0.960. The van der Waals surface area contributed by atoms with Crippen LogP contribution < -0.4 is 15.7 Å². The second-order valence-electron chi connectivity index (χ2n) is 4.91. The molecule has 0 unspecified atom stereocenters. The molecule has 1 amide bonds. The number of hydrogen-bond donors (Lipinski definition) is 3. The molecule has 6 nitrogen and oxygen atoms in total. The number of halogens is 1. The van der Waals surface area contributed by atoms with Gasteiger partial charge in [-0.1, -0.05) is 17.7 Å². The number of nitrogens with two attached hydrogens (primary N) is 1. The summed E-state index contributed by atoms with van der Waals surface area (Å²) in [5.74, 6) is -1.79. The zero-order valence-electron chi connectivity index (χ0n) is 11.9. The van der Waals surface area contributed by atoms with Crippen LogP contribution in [0.5, 0.6) is 0 Å². The lowest BCUT2D eigenvalue weighted by Gasteiger charge is -2.17. The van der Waals surface area contributed by atoms with Crippen molar-refractivity contribution in [2.45, 2.75) is 32.4 Å². The summed E-state index contributed by atoms with van der Waals surface area (Å²) >= 11 is 5.95. The Morgan fingerprint density at radius 3 is 2.71 bits per heavy atom. The number of quaternary nitrogens is 1. The fourth-order valence-electron chi connectivity index (χ4n) is 1.77. The SMILES string of the molecule is Cc1c(Cl)cccc1NC(=O)C[C@H]([NH2+]C[C@H](C)O)C(=O)[O-].